The van der Waals surface area contributed by atoms with Gasteiger partial charge in [0.1, 0.15) is 6.04 Å². The molecule has 2 fully saturated rings. The van der Waals surface area contributed by atoms with Crippen LogP contribution >= 0.6 is 11.6 Å². The molecule has 1 unspecified atom stereocenters. The lowest BCUT2D eigenvalue weighted by Gasteiger charge is -2.35. The molecule has 31 heavy (non-hydrogen) atoms. The van der Waals surface area contributed by atoms with Gasteiger partial charge in [-0.3, -0.25) is 9.59 Å². The number of carbonyl (C=O) groups is 2. The molecule has 1 atom stereocenters. The molecule has 4 rings (SSSR count). The van der Waals surface area contributed by atoms with Crippen molar-refractivity contribution in [3.63, 3.8) is 0 Å². The molecule has 2 aromatic carbocycles. The van der Waals surface area contributed by atoms with Crippen molar-refractivity contribution in [1.29, 1.82) is 0 Å². The van der Waals surface area contributed by atoms with E-state index >= 15 is 0 Å². The van der Waals surface area contributed by atoms with E-state index in [-0.39, 0.29) is 18.1 Å². The third-order valence-electron chi connectivity index (χ3n) is 5.88. The zero-order chi connectivity index (χ0) is 21.6. The predicted octanol–water partition coefficient (Wildman–Crippen LogP) is 3.29. The number of amides is 2. The van der Waals surface area contributed by atoms with Crippen LogP contribution in [0.4, 0.5) is 0 Å². The zero-order valence-corrected chi connectivity index (χ0v) is 18.1. The molecule has 6 nitrogen and oxygen atoms in total. The molecule has 2 heterocycles. The van der Waals surface area contributed by atoms with Gasteiger partial charge in [-0.2, -0.15) is 0 Å². The smallest absolute Gasteiger partial charge is 0.251 e. The summed E-state index contributed by atoms with van der Waals surface area (Å²) in [6.45, 7) is 2.54. The first-order valence-corrected chi connectivity index (χ1v) is 11.1. The van der Waals surface area contributed by atoms with Gasteiger partial charge in [0, 0.05) is 36.0 Å². The minimum atomic E-state index is -0.638. The van der Waals surface area contributed by atoms with Gasteiger partial charge < -0.3 is 19.7 Å². The number of hydrogen-bond donors (Lipinski definition) is 1. The quantitative estimate of drug-likeness (QED) is 0.745. The molecule has 2 saturated heterocycles. The number of ether oxygens (including phenoxy) is 2. The van der Waals surface area contributed by atoms with Gasteiger partial charge in [-0.25, -0.2) is 0 Å². The average molecular weight is 443 g/mol. The Morgan fingerprint density at radius 2 is 1.65 bits per heavy atom. The Labute approximate surface area is 187 Å². The van der Waals surface area contributed by atoms with E-state index < -0.39 is 6.04 Å². The minimum Gasteiger partial charge on any atom is -0.350 e. The zero-order valence-electron chi connectivity index (χ0n) is 17.3. The third-order valence-corrected chi connectivity index (χ3v) is 6.13. The fourth-order valence-electron chi connectivity index (χ4n) is 4.15. The Morgan fingerprint density at radius 3 is 2.29 bits per heavy atom. The van der Waals surface area contributed by atoms with E-state index in [4.69, 9.17) is 21.1 Å². The molecule has 0 aliphatic carbocycles. The molecule has 7 heteroatoms. The lowest BCUT2D eigenvalue weighted by Crippen LogP contribution is -2.52. The maximum atomic E-state index is 13.4. The van der Waals surface area contributed by atoms with Gasteiger partial charge >= 0.3 is 0 Å². The van der Waals surface area contributed by atoms with E-state index in [9.17, 15) is 9.59 Å². The molecule has 1 N–H and O–H groups in total. The summed E-state index contributed by atoms with van der Waals surface area (Å²) in [5.41, 5.74) is 1.48. The van der Waals surface area contributed by atoms with Crippen molar-refractivity contribution in [1.82, 2.24) is 10.2 Å². The van der Waals surface area contributed by atoms with Gasteiger partial charge in [-0.15, -0.1) is 0 Å². The molecule has 2 aliphatic heterocycles. The highest BCUT2D eigenvalue weighted by molar-refractivity contribution is 6.30. The Kier molecular flexibility index (Phi) is 7.22. The van der Waals surface area contributed by atoms with Crippen LogP contribution in [-0.2, 0) is 20.7 Å². The summed E-state index contributed by atoms with van der Waals surface area (Å²) < 4.78 is 11.3. The number of rotatable bonds is 6. The van der Waals surface area contributed by atoms with E-state index in [0.717, 1.165) is 18.4 Å². The maximum Gasteiger partial charge on any atom is 0.251 e. The van der Waals surface area contributed by atoms with E-state index in [1.807, 2.05) is 35.2 Å². The lowest BCUT2D eigenvalue weighted by molar-refractivity contribution is -0.138. The SMILES string of the molecule is O=C(NC(Cc1ccccc1)C(=O)N1CCC(C2OCCO2)CC1)c1ccc(Cl)cc1. The largest absolute Gasteiger partial charge is 0.350 e. The number of hydrogen-bond acceptors (Lipinski definition) is 4. The minimum absolute atomic E-state index is 0.0575. The summed E-state index contributed by atoms with van der Waals surface area (Å²) in [7, 11) is 0. The molecule has 2 amide bonds. The molecule has 164 valence electrons. The van der Waals surface area contributed by atoms with Crippen LogP contribution in [0.1, 0.15) is 28.8 Å². The fraction of sp³-hybridized carbons (Fsp3) is 0.417. The van der Waals surface area contributed by atoms with Gasteiger partial charge in [-0.05, 0) is 42.7 Å². The normalized spacial score (nSPS) is 18.7. The highest BCUT2D eigenvalue weighted by atomic mass is 35.5. The van der Waals surface area contributed by atoms with E-state index in [1.54, 1.807) is 24.3 Å². The van der Waals surface area contributed by atoms with Crippen LogP contribution in [0, 0.1) is 5.92 Å². The first-order valence-electron chi connectivity index (χ1n) is 10.7. The second-order valence-electron chi connectivity index (χ2n) is 8.00. The van der Waals surface area contributed by atoms with Gasteiger partial charge in [0.05, 0.1) is 13.2 Å². The first kappa shape index (κ1) is 21.8. The first-order chi connectivity index (χ1) is 15.1. The van der Waals surface area contributed by atoms with Gasteiger partial charge in [0.2, 0.25) is 5.91 Å². The third kappa shape index (κ3) is 5.64. The number of piperidine rings is 1. The van der Waals surface area contributed by atoms with Gasteiger partial charge in [-0.1, -0.05) is 41.9 Å². The van der Waals surface area contributed by atoms with Crippen molar-refractivity contribution in [2.24, 2.45) is 5.92 Å². The van der Waals surface area contributed by atoms with Crippen LogP contribution in [0.5, 0.6) is 0 Å². The number of nitrogens with zero attached hydrogens (tertiary/aromatic N) is 1. The molecule has 2 aromatic rings. The Morgan fingerprint density at radius 1 is 1.00 bits per heavy atom. The molecule has 0 radical (unpaired) electrons. The van der Waals surface area contributed by atoms with E-state index in [0.29, 0.717) is 49.2 Å². The summed E-state index contributed by atoms with van der Waals surface area (Å²) >= 11 is 5.93. The van der Waals surface area contributed by atoms with Crippen LogP contribution < -0.4 is 5.32 Å². The summed E-state index contributed by atoms with van der Waals surface area (Å²) in [6.07, 6.45) is 1.95. The number of benzene rings is 2. The lowest BCUT2D eigenvalue weighted by atomic mass is 9.95. The van der Waals surface area contributed by atoms with Crippen LogP contribution in [0.3, 0.4) is 0 Å². The second-order valence-corrected chi connectivity index (χ2v) is 8.43. The average Bonchev–Trinajstić information content (AvgIpc) is 3.34. The molecule has 2 aliphatic rings. The molecule has 0 aromatic heterocycles. The van der Waals surface area contributed by atoms with Crippen LogP contribution in [-0.4, -0.2) is 55.3 Å². The molecular formula is C24H27ClN2O4. The predicted molar refractivity (Wildman–Crippen MR) is 118 cm³/mol. The van der Waals surface area contributed by atoms with Crippen molar-refractivity contribution in [2.45, 2.75) is 31.6 Å². The number of likely N-dealkylation sites (tertiary alicyclic amines) is 1. The van der Waals surface area contributed by atoms with E-state index in [1.165, 1.54) is 0 Å². The Hall–Kier alpha value is -2.41. The van der Waals surface area contributed by atoms with E-state index in [2.05, 4.69) is 5.32 Å². The van der Waals surface area contributed by atoms with Gasteiger partial charge in [0.25, 0.3) is 5.91 Å². The fourth-order valence-corrected chi connectivity index (χ4v) is 4.28. The summed E-state index contributed by atoms with van der Waals surface area (Å²) in [5, 5.41) is 3.50. The van der Waals surface area contributed by atoms with Crippen LogP contribution in [0.15, 0.2) is 54.6 Å². The van der Waals surface area contributed by atoms with Crippen molar-refractivity contribution in [2.75, 3.05) is 26.3 Å². The summed E-state index contributed by atoms with van der Waals surface area (Å²) in [4.78, 5) is 28.0. The van der Waals surface area contributed by atoms with Crippen molar-refractivity contribution >= 4 is 23.4 Å². The summed E-state index contributed by atoms with van der Waals surface area (Å²) in [5.74, 6) is -0.0331. The van der Waals surface area contributed by atoms with Crippen molar-refractivity contribution in [3.05, 3.63) is 70.7 Å². The molecule has 0 spiro atoms. The van der Waals surface area contributed by atoms with Crippen LogP contribution in [0.25, 0.3) is 0 Å². The van der Waals surface area contributed by atoms with Crippen molar-refractivity contribution in [3.8, 4) is 0 Å². The van der Waals surface area contributed by atoms with Gasteiger partial charge in [0.15, 0.2) is 6.29 Å². The highest BCUT2D eigenvalue weighted by Gasteiger charge is 2.34. The second kappa shape index (κ2) is 10.3. The Bertz CT molecular complexity index is 876. The number of nitrogens with one attached hydrogen (secondary N) is 1. The monoisotopic (exact) mass is 442 g/mol. The standard InChI is InChI=1S/C24H27ClN2O4/c25-20-8-6-18(7-9-20)22(28)26-21(16-17-4-2-1-3-5-17)23(29)27-12-10-19(11-13-27)24-30-14-15-31-24/h1-9,19,21,24H,10-16H2,(H,26,28). The molecular weight excluding hydrogens is 416 g/mol. The molecule has 0 saturated carbocycles. The Balaban J connectivity index is 1.43. The summed E-state index contributed by atoms with van der Waals surface area (Å²) in [6, 6.07) is 15.8. The highest BCUT2D eigenvalue weighted by Crippen LogP contribution is 2.26. The van der Waals surface area contributed by atoms with Crippen molar-refractivity contribution < 1.29 is 19.1 Å². The number of carbonyl (C=O) groups excluding carboxylic acids is 2. The maximum absolute atomic E-state index is 13.4. The van der Waals surface area contributed by atoms with Crippen LogP contribution in [0.2, 0.25) is 5.02 Å². The topological polar surface area (TPSA) is 67.9 Å². The number of halogens is 1. The molecule has 0 bridgehead atoms.